The van der Waals surface area contributed by atoms with Crippen molar-refractivity contribution >= 4 is 22.5 Å². The SMILES string of the molecule is C=C1C(C2=CC(CNc3ccccc3C)/C(=C(/C)c3ccc(C)cc3)C2=C)=C2c3ccccc3NC2/C1=C\C1=CC(C)C(O)C=C1. The first-order chi connectivity index (χ1) is 22.2. The number of aliphatic hydroxyl groups is 1. The number of hydrogen-bond acceptors (Lipinski definition) is 3. The lowest BCUT2D eigenvalue weighted by Crippen LogP contribution is -2.17. The molecule has 0 amide bonds. The van der Waals surface area contributed by atoms with Crippen molar-refractivity contribution in [1.29, 1.82) is 0 Å². The van der Waals surface area contributed by atoms with Gasteiger partial charge >= 0.3 is 0 Å². The number of aryl methyl sites for hydroxylation is 2. The molecule has 3 N–H and O–H groups in total. The predicted molar refractivity (Wildman–Crippen MR) is 195 cm³/mol. The zero-order valence-electron chi connectivity index (χ0n) is 27.2. The molecule has 4 atom stereocenters. The molecule has 4 unspecified atom stereocenters. The Hall–Kier alpha value is -4.86. The molecule has 0 bridgehead atoms. The van der Waals surface area contributed by atoms with Crippen LogP contribution >= 0.6 is 0 Å². The summed E-state index contributed by atoms with van der Waals surface area (Å²) in [6.07, 6.45) is 10.3. The number of rotatable bonds is 6. The van der Waals surface area contributed by atoms with Gasteiger partial charge in [-0.05, 0) is 100 Å². The third-order valence-corrected chi connectivity index (χ3v) is 10.0. The van der Waals surface area contributed by atoms with Crippen molar-refractivity contribution in [3.8, 4) is 0 Å². The van der Waals surface area contributed by atoms with E-state index in [2.05, 4.69) is 129 Å². The number of aliphatic hydroxyl groups excluding tert-OH is 1. The van der Waals surface area contributed by atoms with E-state index >= 15 is 0 Å². The van der Waals surface area contributed by atoms with E-state index in [1.54, 1.807) is 0 Å². The van der Waals surface area contributed by atoms with Crippen LogP contribution in [-0.2, 0) is 0 Å². The molecule has 3 nitrogen and oxygen atoms in total. The summed E-state index contributed by atoms with van der Waals surface area (Å²) < 4.78 is 0. The number of fused-ring (bicyclic) bond motifs is 3. The molecule has 3 heteroatoms. The lowest BCUT2D eigenvalue weighted by molar-refractivity contribution is 0.183. The van der Waals surface area contributed by atoms with Crippen LogP contribution in [0, 0.1) is 25.7 Å². The summed E-state index contributed by atoms with van der Waals surface area (Å²) in [5.41, 5.74) is 17.7. The van der Waals surface area contributed by atoms with Crippen LogP contribution in [0.5, 0.6) is 0 Å². The van der Waals surface area contributed by atoms with Crippen molar-refractivity contribution in [2.45, 2.75) is 39.8 Å². The third-order valence-electron chi connectivity index (χ3n) is 10.0. The van der Waals surface area contributed by atoms with Crippen LogP contribution in [-0.4, -0.2) is 23.8 Å². The van der Waals surface area contributed by atoms with Gasteiger partial charge in [-0.1, -0.05) is 111 Å². The molecule has 1 aliphatic heterocycles. The van der Waals surface area contributed by atoms with Gasteiger partial charge in [-0.25, -0.2) is 0 Å². The van der Waals surface area contributed by atoms with E-state index in [1.165, 1.54) is 50.1 Å². The molecule has 0 spiro atoms. The van der Waals surface area contributed by atoms with Crippen molar-refractivity contribution < 1.29 is 5.11 Å². The van der Waals surface area contributed by atoms with Gasteiger partial charge in [0, 0.05) is 35.3 Å². The second kappa shape index (κ2) is 11.8. The smallest absolute Gasteiger partial charge is 0.0786 e. The number of benzene rings is 3. The predicted octanol–water partition coefficient (Wildman–Crippen LogP) is 9.54. The van der Waals surface area contributed by atoms with Crippen molar-refractivity contribution in [2.75, 3.05) is 17.2 Å². The maximum absolute atomic E-state index is 10.3. The first-order valence-corrected chi connectivity index (χ1v) is 16.3. The maximum Gasteiger partial charge on any atom is 0.0786 e. The van der Waals surface area contributed by atoms with E-state index in [-0.39, 0.29) is 17.9 Å². The maximum atomic E-state index is 10.3. The van der Waals surface area contributed by atoms with E-state index in [0.717, 1.165) is 40.2 Å². The number of allylic oxidation sites excluding steroid dienone is 7. The lowest BCUT2D eigenvalue weighted by atomic mass is 9.87. The fraction of sp³-hybridized carbons (Fsp3) is 0.209. The highest BCUT2D eigenvalue weighted by Crippen LogP contribution is 2.55. The highest BCUT2D eigenvalue weighted by molar-refractivity contribution is 6.01. The van der Waals surface area contributed by atoms with Gasteiger partial charge in [0.15, 0.2) is 0 Å². The van der Waals surface area contributed by atoms with Crippen LogP contribution in [0.2, 0.25) is 0 Å². The molecule has 0 fully saturated rings. The number of anilines is 2. The fourth-order valence-corrected chi connectivity index (χ4v) is 7.42. The summed E-state index contributed by atoms with van der Waals surface area (Å²) >= 11 is 0. The third kappa shape index (κ3) is 5.15. The minimum atomic E-state index is -0.453. The first-order valence-electron chi connectivity index (χ1n) is 16.3. The van der Waals surface area contributed by atoms with Crippen molar-refractivity contribution in [3.63, 3.8) is 0 Å². The van der Waals surface area contributed by atoms with Gasteiger partial charge in [-0.2, -0.15) is 0 Å². The second-order valence-corrected chi connectivity index (χ2v) is 13.1. The second-order valence-electron chi connectivity index (χ2n) is 13.1. The highest BCUT2D eigenvalue weighted by Gasteiger charge is 2.42. The van der Waals surface area contributed by atoms with Crippen LogP contribution in [0.15, 0.2) is 155 Å². The molecule has 4 aliphatic rings. The van der Waals surface area contributed by atoms with E-state index in [9.17, 15) is 5.11 Å². The van der Waals surface area contributed by atoms with Crippen LogP contribution in [0.4, 0.5) is 11.4 Å². The van der Waals surface area contributed by atoms with E-state index in [4.69, 9.17) is 13.2 Å². The van der Waals surface area contributed by atoms with Gasteiger partial charge in [0.05, 0.1) is 12.1 Å². The molecule has 3 aliphatic carbocycles. The summed E-state index contributed by atoms with van der Waals surface area (Å²) in [6, 6.07) is 25.9. The van der Waals surface area contributed by atoms with Crippen LogP contribution in [0.25, 0.3) is 11.1 Å². The first kappa shape index (κ1) is 29.8. The van der Waals surface area contributed by atoms with Gasteiger partial charge in [0.25, 0.3) is 0 Å². The monoisotopic (exact) mass is 602 g/mol. The standard InChI is InChI=1S/C43H42N2O/c1-25-15-18-32(19-16-25)28(4)40-29(5)35(23-33(40)24-44-37-13-9-7-11-26(37)2)41-30(6)36(22-31-17-20-39(46)27(3)21-31)43-42(41)34-12-8-10-14-38(34)45-43/h7-23,27,33,39,43-46H,5-6,24H2,1-4H3/b36-22-,40-28-. The quantitative estimate of drug-likeness (QED) is 0.263. The highest BCUT2D eigenvalue weighted by atomic mass is 16.3. The Kier molecular flexibility index (Phi) is 7.66. The van der Waals surface area contributed by atoms with Crippen molar-refractivity contribution in [1.82, 2.24) is 0 Å². The Morgan fingerprint density at radius 1 is 0.935 bits per heavy atom. The fourth-order valence-electron chi connectivity index (χ4n) is 7.42. The molecule has 46 heavy (non-hydrogen) atoms. The Balaban J connectivity index is 1.35. The Labute approximate surface area is 273 Å². The molecule has 3 aromatic carbocycles. The molecule has 0 saturated heterocycles. The summed E-state index contributed by atoms with van der Waals surface area (Å²) in [7, 11) is 0. The van der Waals surface area contributed by atoms with E-state index < -0.39 is 6.10 Å². The summed E-state index contributed by atoms with van der Waals surface area (Å²) in [4.78, 5) is 0. The number of hydrogen-bond donors (Lipinski definition) is 3. The Morgan fingerprint density at radius 2 is 1.67 bits per heavy atom. The summed E-state index contributed by atoms with van der Waals surface area (Å²) in [6.45, 7) is 18.9. The molecule has 0 radical (unpaired) electrons. The van der Waals surface area contributed by atoms with Crippen molar-refractivity contribution in [2.24, 2.45) is 11.8 Å². The van der Waals surface area contributed by atoms with Gasteiger partial charge in [0.1, 0.15) is 0 Å². The molecule has 1 heterocycles. The van der Waals surface area contributed by atoms with Crippen LogP contribution in [0.3, 0.4) is 0 Å². The zero-order chi connectivity index (χ0) is 32.1. The van der Waals surface area contributed by atoms with E-state index in [1.807, 2.05) is 12.2 Å². The van der Waals surface area contributed by atoms with Gasteiger partial charge < -0.3 is 15.7 Å². The van der Waals surface area contributed by atoms with Gasteiger partial charge in [0.2, 0.25) is 0 Å². The summed E-state index contributed by atoms with van der Waals surface area (Å²) in [5.74, 6) is 0.190. The van der Waals surface area contributed by atoms with Gasteiger partial charge in [-0.3, -0.25) is 0 Å². The topological polar surface area (TPSA) is 44.3 Å². The molecular weight excluding hydrogens is 560 g/mol. The molecule has 7 rings (SSSR count). The van der Waals surface area contributed by atoms with Crippen molar-refractivity contribution in [3.05, 3.63) is 178 Å². The van der Waals surface area contributed by atoms with Gasteiger partial charge in [-0.15, -0.1) is 0 Å². The molecule has 3 aromatic rings. The van der Waals surface area contributed by atoms with Crippen LogP contribution < -0.4 is 10.6 Å². The number of nitrogens with one attached hydrogen (secondary N) is 2. The lowest BCUT2D eigenvalue weighted by Gasteiger charge is -2.19. The molecule has 0 saturated carbocycles. The Morgan fingerprint density at radius 3 is 2.43 bits per heavy atom. The summed E-state index contributed by atoms with van der Waals surface area (Å²) in [5, 5.41) is 17.9. The minimum Gasteiger partial charge on any atom is -0.388 e. The normalized spacial score (nSPS) is 25.4. The van der Waals surface area contributed by atoms with Crippen LogP contribution in [0.1, 0.15) is 36.1 Å². The average molecular weight is 603 g/mol. The Bertz CT molecular complexity index is 1960. The minimum absolute atomic E-state index is 0.000162. The van der Waals surface area contributed by atoms with E-state index in [0.29, 0.717) is 0 Å². The average Bonchev–Trinajstić information content (AvgIpc) is 3.67. The largest absolute Gasteiger partial charge is 0.388 e. The molecular formula is C43H42N2O. The zero-order valence-corrected chi connectivity index (χ0v) is 27.2. The molecule has 230 valence electrons. The molecule has 0 aromatic heterocycles. The number of para-hydroxylation sites is 2.